The molecule has 1 atom stereocenters. The van der Waals surface area contributed by atoms with Crippen LogP contribution in [0.3, 0.4) is 0 Å². The Morgan fingerprint density at radius 3 is 2.31 bits per heavy atom. The second-order valence-electron chi connectivity index (χ2n) is 9.15. The van der Waals surface area contributed by atoms with Crippen molar-refractivity contribution in [3.8, 4) is 0 Å². The topological polar surface area (TPSA) is 60.9 Å². The van der Waals surface area contributed by atoms with Gasteiger partial charge in [-0.3, -0.25) is 4.90 Å². The van der Waals surface area contributed by atoms with Crippen molar-refractivity contribution in [1.29, 1.82) is 0 Å². The Balaban J connectivity index is 1.47. The van der Waals surface area contributed by atoms with Crippen molar-refractivity contribution in [2.24, 2.45) is 5.41 Å². The Hall–Kier alpha value is -2.63. The van der Waals surface area contributed by atoms with Crippen LogP contribution in [0.5, 0.6) is 0 Å². The number of piperazine rings is 1. The minimum absolute atomic E-state index is 0.293. The largest absolute Gasteiger partial charge is 0.478 e. The van der Waals surface area contributed by atoms with Crippen LogP contribution in [0.15, 0.2) is 54.1 Å². The Labute approximate surface area is 194 Å². The quantitative estimate of drug-likeness (QED) is 0.625. The molecule has 2 aromatic carbocycles. The van der Waals surface area contributed by atoms with Gasteiger partial charge in [0.15, 0.2) is 0 Å². The van der Waals surface area contributed by atoms with E-state index in [1.807, 2.05) is 24.3 Å². The molecule has 0 saturated carbocycles. The first kappa shape index (κ1) is 22.6. The predicted molar refractivity (Wildman–Crippen MR) is 128 cm³/mol. The molecule has 2 aliphatic rings. The van der Waals surface area contributed by atoms with Crippen molar-refractivity contribution >= 4 is 35.1 Å². The molecule has 1 fully saturated rings. The van der Waals surface area contributed by atoms with Gasteiger partial charge in [-0.15, -0.1) is 0 Å². The highest BCUT2D eigenvalue weighted by Crippen LogP contribution is 2.42. The van der Waals surface area contributed by atoms with Gasteiger partial charge in [0.2, 0.25) is 0 Å². The van der Waals surface area contributed by atoms with Crippen LogP contribution in [-0.2, 0) is 4.79 Å². The highest BCUT2D eigenvalue weighted by molar-refractivity contribution is 6.30. The first-order chi connectivity index (χ1) is 15.4. The zero-order chi connectivity index (χ0) is 22.7. The Bertz CT molecular complexity index is 1010. The molecule has 5 nitrogen and oxygen atoms in total. The summed E-state index contributed by atoms with van der Waals surface area (Å²) in [5, 5.41) is 9.83. The molecule has 168 valence electrons. The molecule has 0 aromatic heterocycles. The number of carboxylic acid groups (broad SMARTS) is 1. The number of aldehydes is 1. The number of carboxylic acids is 1. The maximum atomic E-state index is 11.8. The lowest BCUT2D eigenvalue weighted by atomic mass is 9.72. The number of nitrogens with zero attached hydrogens (tertiary/aromatic N) is 2. The Morgan fingerprint density at radius 1 is 1.06 bits per heavy atom. The van der Waals surface area contributed by atoms with Crippen LogP contribution in [0, 0.1) is 5.41 Å². The molecule has 1 aliphatic carbocycles. The van der Waals surface area contributed by atoms with Crippen molar-refractivity contribution in [2.45, 2.75) is 26.2 Å². The lowest BCUT2D eigenvalue weighted by Crippen LogP contribution is -2.47. The zero-order valence-corrected chi connectivity index (χ0v) is 19.1. The van der Waals surface area contributed by atoms with Crippen LogP contribution in [0.25, 0.3) is 5.57 Å². The lowest BCUT2D eigenvalue weighted by molar-refractivity contribution is -0.115. The SMILES string of the molecule is C[C@@]1(C=O)CCC(c2ccc(Cl)cc2)=C(CN2CCN(c3ccc(C(=O)O)cc3)CC2)C1. The van der Waals surface area contributed by atoms with Crippen molar-refractivity contribution in [3.05, 3.63) is 70.3 Å². The molecule has 1 heterocycles. The maximum absolute atomic E-state index is 11.8. The number of carbonyl (C=O) groups excluding carboxylic acids is 1. The van der Waals surface area contributed by atoms with E-state index in [0.717, 1.165) is 69.0 Å². The fraction of sp³-hybridized carbons (Fsp3) is 0.385. The van der Waals surface area contributed by atoms with Crippen molar-refractivity contribution in [2.75, 3.05) is 37.6 Å². The molecule has 1 N–H and O–H groups in total. The zero-order valence-electron chi connectivity index (χ0n) is 18.4. The van der Waals surface area contributed by atoms with Crippen LogP contribution >= 0.6 is 11.6 Å². The molecule has 2 aromatic rings. The van der Waals surface area contributed by atoms with E-state index in [1.54, 1.807) is 12.1 Å². The third-order valence-corrected chi connectivity index (χ3v) is 6.99. The summed E-state index contributed by atoms with van der Waals surface area (Å²) in [6.07, 6.45) is 3.70. The second-order valence-corrected chi connectivity index (χ2v) is 9.59. The van der Waals surface area contributed by atoms with Gasteiger partial charge in [-0.05, 0) is 66.8 Å². The average molecular weight is 453 g/mol. The van der Waals surface area contributed by atoms with Crippen LogP contribution in [-0.4, -0.2) is 55.0 Å². The monoisotopic (exact) mass is 452 g/mol. The van der Waals surface area contributed by atoms with Gasteiger partial charge in [0.1, 0.15) is 6.29 Å². The third kappa shape index (κ3) is 5.05. The molecule has 1 saturated heterocycles. The molecule has 0 amide bonds. The van der Waals surface area contributed by atoms with Gasteiger partial charge in [0.25, 0.3) is 0 Å². The Morgan fingerprint density at radius 2 is 1.72 bits per heavy atom. The standard InChI is InChI=1S/C26H29ClN2O3/c1-26(18-30)11-10-24(19-2-6-22(27)7-3-19)21(16-26)17-28-12-14-29(15-13-28)23-8-4-20(5-9-23)25(31)32/h2-9,18H,10-17H2,1H3,(H,31,32)/t26-/m1/s1. The summed E-state index contributed by atoms with van der Waals surface area (Å²) in [6, 6.07) is 15.1. The highest BCUT2D eigenvalue weighted by atomic mass is 35.5. The van der Waals surface area contributed by atoms with Gasteiger partial charge < -0.3 is 14.8 Å². The van der Waals surface area contributed by atoms with E-state index in [4.69, 9.17) is 16.7 Å². The Kier molecular flexibility index (Phi) is 6.68. The summed E-state index contributed by atoms with van der Waals surface area (Å²) < 4.78 is 0. The molecule has 1 aliphatic heterocycles. The van der Waals surface area contributed by atoms with Crippen molar-refractivity contribution < 1.29 is 14.7 Å². The summed E-state index contributed by atoms with van der Waals surface area (Å²) >= 11 is 6.09. The van der Waals surface area contributed by atoms with Crippen LogP contribution in [0.4, 0.5) is 5.69 Å². The van der Waals surface area contributed by atoms with E-state index in [1.165, 1.54) is 16.7 Å². The number of carbonyl (C=O) groups is 2. The molecular formula is C26H29ClN2O3. The maximum Gasteiger partial charge on any atom is 0.335 e. The van der Waals surface area contributed by atoms with E-state index < -0.39 is 5.97 Å². The van der Waals surface area contributed by atoms with Crippen LogP contribution in [0.2, 0.25) is 5.02 Å². The number of hydrogen-bond donors (Lipinski definition) is 1. The van der Waals surface area contributed by atoms with Gasteiger partial charge in [0.05, 0.1) is 5.56 Å². The number of hydrogen-bond acceptors (Lipinski definition) is 4. The summed E-state index contributed by atoms with van der Waals surface area (Å²) in [7, 11) is 0. The number of anilines is 1. The van der Waals surface area contributed by atoms with Crippen molar-refractivity contribution in [1.82, 2.24) is 4.90 Å². The predicted octanol–water partition coefficient (Wildman–Crippen LogP) is 5.00. The number of allylic oxidation sites excluding steroid dienone is 1. The summed E-state index contributed by atoms with van der Waals surface area (Å²) in [5.74, 6) is -0.902. The highest BCUT2D eigenvalue weighted by Gasteiger charge is 2.32. The molecule has 32 heavy (non-hydrogen) atoms. The van der Waals surface area contributed by atoms with Gasteiger partial charge in [-0.25, -0.2) is 4.79 Å². The third-order valence-electron chi connectivity index (χ3n) is 6.73. The smallest absolute Gasteiger partial charge is 0.335 e. The normalized spacial score (nSPS) is 22.1. The fourth-order valence-corrected chi connectivity index (χ4v) is 4.90. The first-order valence-electron chi connectivity index (χ1n) is 11.1. The van der Waals surface area contributed by atoms with E-state index in [0.29, 0.717) is 5.56 Å². The number of rotatable bonds is 6. The van der Waals surface area contributed by atoms with Crippen LogP contribution < -0.4 is 4.90 Å². The number of aromatic carboxylic acids is 1. The summed E-state index contributed by atoms with van der Waals surface area (Å²) in [6.45, 7) is 6.57. The minimum atomic E-state index is -0.902. The van der Waals surface area contributed by atoms with E-state index >= 15 is 0 Å². The number of benzene rings is 2. The summed E-state index contributed by atoms with van der Waals surface area (Å²) in [4.78, 5) is 27.6. The molecule has 4 rings (SSSR count). The van der Waals surface area contributed by atoms with E-state index in [2.05, 4.69) is 28.9 Å². The van der Waals surface area contributed by atoms with Crippen LogP contribution in [0.1, 0.15) is 42.1 Å². The van der Waals surface area contributed by atoms with Crippen molar-refractivity contribution in [3.63, 3.8) is 0 Å². The second kappa shape index (κ2) is 9.47. The lowest BCUT2D eigenvalue weighted by Gasteiger charge is -2.39. The molecule has 0 bridgehead atoms. The molecule has 0 unspecified atom stereocenters. The van der Waals surface area contributed by atoms with E-state index in [-0.39, 0.29) is 5.41 Å². The van der Waals surface area contributed by atoms with Gasteiger partial charge >= 0.3 is 5.97 Å². The first-order valence-corrected chi connectivity index (χ1v) is 11.5. The van der Waals surface area contributed by atoms with E-state index in [9.17, 15) is 9.59 Å². The molecule has 6 heteroatoms. The number of halogens is 1. The van der Waals surface area contributed by atoms with Gasteiger partial charge in [-0.2, -0.15) is 0 Å². The summed E-state index contributed by atoms with van der Waals surface area (Å²) in [5.41, 5.74) is 4.99. The average Bonchev–Trinajstić information content (AvgIpc) is 2.81. The van der Waals surface area contributed by atoms with Gasteiger partial charge in [0, 0.05) is 48.8 Å². The molecule has 0 radical (unpaired) electrons. The van der Waals surface area contributed by atoms with Gasteiger partial charge in [-0.1, -0.05) is 36.2 Å². The fourth-order valence-electron chi connectivity index (χ4n) is 4.77. The molecule has 0 spiro atoms. The minimum Gasteiger partial charge on any atom is -0.478 e. The molecular weight excluding hydrogens is 424 g/mol.